The van der Waals surface area contributed by atoms with Crippen molar-refractivity contribution in [2.45, 2.75) is 57.8 Å². The molecule has 0 bridgehead atoms. The van der Waals surface area contributed by atoms with Gasteiger partial charge in [-0.15, -0.1) is 56.7 Å². The van der Waals surface area contributed by atoms with Gasteiger partial charge in [-0.25, -0.2) is 37.5 Å². The highest BCUT2D eigenvalue weighted by molar-refractivity contribution is 7.12. The summed E-state index contributed by atoms with van der Waals surface area (Å²) in [5.41, 5.74) is 11.2. The first-order valence-corrected chi connectivity index (χ1v) is 52.0. The number of carbonyl (C=O) groups excluding carboxylic acids is 7. The third-order valence-electron chi connectivity index (χ3n) is 22.3. The molecule has 2 aliphatic carbocycles. The van der Waals surface area contributed by atoms with Crippen molar-refractivity contribution in [3.8, 4) is 5.69 Å². The molecule has 16 aromatic heterocycles. The summed E-state index contributed by atoms with van der Waals surface area (Å²) in [5, 5.41) is 48.6. The van der Waals surface area contributed by atoms with E-state index in [-0.39, 0.29) is 47.3 Å². The molecular formula is C113H96ClN17O8S6. The summed E-state index contributed by atoms with van der Waals surface area (Å²) in [4.78, 5) is 90.6. The second-order valence-electron chi connectivity index (χ2n) is 32.7. The van der Waals surface area contributed by atoms with Crippen molar-refractivity contribution in [2.24, 2.45) is 18.9 Å². The van der Waals surface area contributed by atoms with Gasteiger partial charge in [0.05, 0.1) is 68.7 Å². The lowest BCUT2D eigenvalue weighted by molar-refractivity contribution is 0.0745. The van der Waals surface area contributed by atoms with E-state index in [4.69, 9.17) is 16.0 Å². The van der Waals surface area contributed by atoms with E-state index in [9.17, 15) is 33.6 Å². The molecule has 2 aliphatic rings. The molecule has 4 aromatic carbocycles. The molecule has 145 heavy (non-hydrogen) atoms. The third-order valence-corrected chi connectivity index (χ3v) is 27.5. The maximum atomic E-state index is 12.6. The minimum Gasteiger partial charge on any atom is -0.465 e. The maximum Gasteiger partial charge on any atom is 0.294 e. The van der Waals surface area contributed by atoms with Gasteiger partial charge in [0.1, 0.15) is 11.5 Å². The molecule has 0 radical (unpaired) electrons. The molecule has 0 N–H and O–H groups in total. The van der Waals surface area contributed by atoms with Crippen LogP contribution in [0, 0.1) is 11.8 Å². The largest absolute Gasteiger partial charge is 0.465 e. The van der Waals surface area contributed by atoms with Crippen molar-refractivity contribution in [1.82, 2.24) is 82.8 Å². The lowest BCUT2D eigenvalue weighted by Gasteiger charge is -2.22. The van der Waals surface area contributed by atoms with E-state index < -0.39 is 0 Å². The first kappa shape index (κ1) is 101. The lowest BCUT2D eigenvalue weighted by Crippen LogP contribution is -2.27. The second-order valence-corrected chi connectivity index (χ2v) is 38.7. The van der Waals surface area contributed by atoms with Crippen LogP contribution in [0.15, 0.2) is 359 Å². The number of aromatic nitrogens is 17. The minimum absolute atomic E-state index is 0.0712. The van der Waals surface area contributed by atoms with E-state index in [0.29, 0.717) is 51.2 Å². The Balaban J connectivity index is 0.000000122. The van der Waals surface area contributed by atoms with Crippen LogP contribution in [-0.4, -0.2) is 124 Å². The summed E-state index contributed by atoms with van der Waals surface area (Å²) in [7, 11) is 1.83. The van der Waals surface area contributed by atoms with Crippen LogP contribution in [0.4, 0.5) is 0 Å². The molecule has 0 amide bonds. The van der Waals surface area contributed by atoms with Gasteiger partial charge in [0, 0.05) is 117 Å². The molecule has 16 heterocycles. The molecular weight excluding hydrogens is 1950 g/mol. The van der Waals surface area contributed by atoms with E-state index in [1.807, 2.05) is 318 Å². The van der Waals surface area contributed by atoms with Crippen molar-refractivity contribution in [2.75, 3.05) is 0 Å². The highest BCUT2D eigenvalue weighted by atomic mass is 35.5. The summed E-state index contributed by atoms with van der Waals surface area (Å²) in [6.07, 6.45) is 55.0. The molecule has 2 fully saturated rings. The number of carbonyl (C=O) groups is 7. The van der Waals surface area contributed by atoms with E-state index in [0.717, 1.165) is 80.0 Å². The third kappa shape index (κ3) is 30.5. The standard InChI is InChI=1S/C21H16N4O.C17H13ClN2OS.C16H18N2OS.C16H12N2OS.C15H13N3O2.C14H10N2OS2.C14H14N2OS/c26-21(18-8-11-20(12-9-18)24-15-4-14-22-24)25-16-13-19(23-25)10-7-17-5-2-1-3-6-17;18-14-5-3-13(4-6-14)12-17(21)20-10-9-15(19-20)7-8-16-2-1-11-22-16;19-16(12-13-4-1-2-5-13)18-10-9-14(17-18)7-8-15-6-3-11-20-15;19-16(15-7-4-12-20-15)18-11-10-14(17-18)9-8-13-5-2-1-3-6-13;1-17-9-2-5-14(17)15(19)18-10-8-12(16-18)6-7-13-4-3-11-20-13;17-14(11-6-9-18-10-11)16-7-5-12(15-16)3-4-13-2-1-8-19-13;17-14(11-3-1-4-11)16-9-8-12(15-16)6-7-13-5-2-10-18-13/h1-16H;1-11H,12H2;3,6-11,13H,1-2,4-5,12H2;1-12H;2-11H,1H3;1-10H;2,5-11H,1,3-4H2/b10-7+;2*8-7+;9-8+;7-6+;4-3+;7-6+. The molecule has 724 valence electrons. The normalized spacial score (nSPS) is 12.4. The van der Waals surface area contributed by atoms with E-state index in [1.54, 1.807) is 171 Å². The van der Waals surface area contributed by atoms with Gasteiger partial charge in [0.25, 0.3) is 29.5 Å². The zero-order chi connectivity index (χ0) is 100. The number of aryl methyl sites for hydroxylation is 1. The van der Waals surface area contributed by atoms with Crippen molar-refractivity contribution in [3.05, 3.63) is 463 Å². The van der Waals surface area contributed by atoms with Gasteiger partial charge in [-0.05, 0) is 299 Å². The molecule has 25 nitrogen and oxygen atoms in total. The number of halogens is 1. The van der Waals surface area contributed by atoms with Crippen LogP contribution in [-0.2, 0) is 13.5 Å². The number of furan rings is 1. The Morgan fingerprint density at radius 3 is 1.24 bits per heavy atom. The van der Waals surface area contributed by atoms with Crippen LogP contribution in [0.2, 0.25) is 5.02 Å². The second kappa shape index (κ2) is 52.3. The summed E-state index contributed by atoms with van der Waals surface area (Å²) in [5.74, 6) is 1.16. The van der Waals surface area contributed by atoms with Gasteiger partial charge >= 0.3 is 0 Å². The predicted octanol–water partition coefficient (Wildman–Crippen LogP) is 26.8. The van der Waals surface area contributed by atoms with Gasteiger partial charge < -0.3 is 8.98 Å². The van der Waals surface area contributed by atoms with Crippen molar-refractivity contribution in [3.63, 3.8) is 0 Å². The Hall–Kier alpha value is -16.5. The molecule has 22 rings (SSSR count). The molecule has 0 unspecified atom stereocenters. The van der Waals surface area contributed by atoms with Gasteiger partial charge in [-0.2, -0.15) is 52.1 Å². The monoisotopic (exact) mass is 2050 g/mol. The van der Waals surface area contributed by atoms with Crippen molar-refractivity contribution < 1.29 is 38.0 Å². The Morgan fingerprint density at radius 2 is 0.807 bits per heavy atom. The van der Waals surface area contributed by atoms with Crippen LogP contribution >= 0.6 is 79.6 Å². The van der Waals surface area contributed by atoms with Gasteiger partial charge in [0.2, 0.25) is 11.8 Å². The highest BCUT2D eigenvalue weighted by Crippen LogP contribution is 2.30. The van der Waals surface area contributed by atoms with Crippen LogP contribution < -0.4 is 0 Å². The summed E-state index contributed by atoms with van der Waals surface area (Å²) < 4.78 is 18.5. The Labute approximate surface area is 865 Å². The quantitative estimate of drug-likeness (QED) is 0.0543. The van der Waals surface area contributed by atoms with Crippen LogP contribution in [0.3, 0.4) is 0 Å². The fraction of sp³-hybridized carbons (Fsp3) is 0.106. The SMILES string of the molecule is Cn1cccc1C(=O)n1ccc(/C=C/c2ccco2)n1.O=C(C1CCC1)n1ccc(/C=C/c2cccs2)n1.O=C(CC1CCCC1)n1ccc(/C=C/c2cccs2)n1.O=C(Cc1ccc(Cl)cc1)n1ccc(/C=C/c2cccs2)n1.O=C(c1ccc(-n2cccn2)cc1)n1ccc(/C=C/c2ccccc2)n1.O=C(c1cccs1)n1ccc(/C=C/c2ccccc2)n1.O=C(c1ccsc1)n1ccc(/C=C/c2cccs2)n1. The van der Waals surface area contributed by atoms with Crippen LogP contribution in [0.5, 0.6) is 0 Å². The molecule has 0 saturated heterocycles. The lowest BCUT2D eigenvalue weighted by atomic mass is 9.85. The van der Waals surface area contributed by atoms with Crippen LogP contribution in [0.25, 0.3) is 90.8 Å². The van der Waals surface area contributed by atoms with E-state index in [2.05, 4.69) is 52.9 Å². The minimum atomic E-state index is -0.170. The van der Waals surface area contributed by atoms with E-state index >= 15 is 0 Å². The molecule has 20 aromatic rings. The Bertz CT molecular complexity index is 7690. The number of nitrogens with zero attached hydrogens (tertiary/aromatic N) is 17. The summed E-state index contributed by atoms with van der Waals surface area (Å²) in [6.45, 7) is 0. The smallest absolute Gasteiger partial charge is 0.294 e. The molecule has 0 atom stereocenters. The first-order chi connectivity index (χ1) is 71.0. The summed E-state index contributed by atoms with van der Waals surface area (Å²) in [6, 6.07) is 78.1. The summed E-state index contributed by atoms with van der Waals surface area (Å²) >= 11 is 15.5. The number of thiophene rings is 6. The average molecular weight is 2050 g/mol. The fourth-order valence-electron chi connectivity index (χ4n) is 14.5. The van der Waals surface area contributed by atoms with Gasteiger partial charge in [-0.3, -0.25) is 33.6 Å². The predicted molar refractivity (Wildman–Crippen MR) is 584 cm³/mol. The Morgan fingerprint density at radius 1 is 0.359 bits per heavy atom. The molecule has 32 heteroatoms. The van der Waals surface area contributed by atoms with Gasteiger partial charge in [-0.1, -0.05) is 146 Å². The number of hydrogen-bond acceptors (Lipinski definition) is 22. The topological polar surface area (TPSA) is 280 Å². The zero-order valence-corrected chi connectivity index (χ0v) is 84.0. The van der Waals surface area contributed by atoms with Crippen molar-refractivity contribution in [1.29, 1.82) is 0 Å². The molecule has 0 spiro atoms. The van der Waals surface area contributed by atoms with E-state index in [1.165, 1.54) is 102 Å². The highest BCUT2D eigenvalue weighted by Gasteiger charge is 2.27. The number of hydrogen-bond donors (Lipinski definition) is 0. The van der Waals surface area contributed by atoms with Gasteiger partial charge in [0.15, 0.2) is 0 Å². The molecule has 2 saturated carbocycles. The zero-order valence-electron chi connectivity index (χ0n) is 78.4. The Kier molecular flexibility index (Phi) is 36.6. The maximum absolute atomic E-state index is 12.6. The molecule has 0 aliphatic heterocycles. The van der Waals surface area contributed by atoms with Crippen molar-refractivity contribution >= 4 is 206 Å². The number of benzene rings is 4. The van der Waals surface area contributed by atoms with Crippen LogP contribution in [0.1, 0.15) is 188 Å². The number of rotatable bonds is 24. The average Bonchev–Trinajstić information content (AvgIpc) is 1.64. The first-order valence-electron chi connectivity index (χ1n) is 46.3. The fourth-order valence-corrected chi connectivity index (χ4v) is 18.4.